The highest BCUT2D eigenvalue weighted by molar-refractivity contribution is 6.21. The van der Waals surface area contributed by atoms with Crippen LogP contribution in [0.25, 0.3) is 99.5 Å². The van der Waals surface area contributed by atoms with E-state index in [1.165, 1.54) is 111 Å². The molecule has 0 saturated carbocycles. The Kier molecular flexibility index (Phi) is 8.68. The summed E-state index contributed by atoms with van der Waals surface area (Å²) in [6.45, 7) is 19.0. The van der Waals surface area contributed by atoms with Crippen molar-refractivity contribution in [2.24, 2.45) is 0 Å². The van der Waals surface area contributed by atoms with Crippen LogP contribution in [0.15, 0.2) is 197 Å². The average Bonchev–Trinajstić information content (AvgIpc) is 4.16. The fraction of sp³-hybridized carbons (Fsp3) is 0.155. The summed E-state index contributed by atoms with van der Waals surface area (Å²) < 4.78 is 13.9. The molecule has 356 valence electrons. The quantitative estimate of drug-likeness (QED) is 0.172. The predicted octanol–water partition coefficient (Wildman–Crippen LogP) is 19.8. The maximum Gasteiger partial charge on any atom is 0.144 e. The molecule has 0 saturated heterocycles. The van der Waals surface area contributed by atoms with Gasteiger partial charge < -0.3 is 13.7 Å². The lowest BCUT2D eigenvalue weighted by molar-refractivity contribution is 0.600. The lowest BCUT2D eigenvalue weighted by atomic mass is 9.72. The molecule has 0 spiro atoms. The van der Waals surface area contributed by atoms with Crippen molar-refractivity contribution in [3.63, 3.8) is 0 Å². The largest absolute Gasteiger partial charge is 0.455 e. The highest BCUT2D eigenvalue weighted by Crippen LogP contribution is 2.64. The maximum absolute atomic E-state index is 7.03. The normalized spacial score (nSPS) is 15.1. The monoisotopic (exact) mass is 953 g/mol. The first-order valence-electron chi connectivity index (χ1n) is 26.2. The molecule has 0 bridgehead atoms. The lowest BCUT2D eigenvalue weighted by Crippen LogP contribution is -2.24. The molecule has 15 rings (SSSR count). The maximum atomic E-state index is 7.03. The fourth-order valence-corrected chi connectivity index (χ4v) is 14.2. The van der Waals surface area contributed by atoms with Crippen LogP contribution in [0.4, 0.5) is 17.1 Å². The standard InChI is InChI=1S/C71H55NO2/c1-40-30-33-45(41(2)36-40)52-39-56-60(62-50-24-14-18-28-58(50)73-67(52)62)48-34-31-43(37-54(48)69(56,3)4)72(57-27-17-13-22-46(57)42-20-10-9-11-21-42)44-32-35-49-55(38-44)71(7,8)65-61(49)63-51-25-15-19-29-59(51)74-68(63)64-47-23-12-16-26-53(47)70(5,6)66(64)65/h9-39H,1-8H3. The van der Waals surface area contributed by atoms with Crippen molar-refractivity contribution >= 4 is 60.9 Å². The van der Waals surface area contributed by atoms with Crippen LogP contribution in [-0.4, -0.2) is 0 Å². The summed E-state index contributed by atoms with van der Waals surface area (Å²) >= 11 is 0. The molecule has 0 atom stereocenters. The number of benzene rings is 10. The zero-order valence-electron chi connectivity index (χ0n) is 43.2. The molecule has 3 heteroatoms. The van der Waals surface area contributed by atoms with Crippen molar-refractivity contribution in [2.45, 2.75) is 71.6 Å². The summed E-state index contributed by atoms with van der Waals surface area (Å²) in [5.41, 5.74) is 29.1. The van der Waals surface area contributed by atoms with Crippen LogP contribution in [0.3, 0.4) is 0 Å². The number of nitrogens with zero attached hydrogens (tertiary/aromatic N) is 1. The van der Waals surface area contributed by atoms with E-state index in [-0.39, 0.29) is 16.2 Å². The van der Waals surface area contributed by atoms with Gasteiger partial charge in [0.2, 0.25) is 0 Å². The van der Waals surface area contributed by atoms with E-state index in [4.69, 9.17) is 8.83 Å². The molecule has 0 aliphatic heterocycles. The number of fused-ring (bicyclic) bond motifs is 19. The van der Waals surface area contributed by atoms with Gasteiger partial charge in [-0.25, -0.2) is 0 Å². The van der Waals surface area contributed by atoms with Gasteiger partial charge in [-0.3, -0.25) is 0 Å². The van der Waals surface area contributed by atoms with Crippen LogP contribution in [0.2, 0.25) is 0 Å². The smallest absolute Gasteiger partial charge is 0.144 e. The van der Waals surface area contributed by atoms with Gasteiger partial charge in [-0.15, -0.1) is 0 Å². The van der Waals surface area contributed by atoms with E-state index in [1.807, 2.05) is 0 Å². The molecular formula is C71H55NO2. The van der Waals surface area contributed by atoms with E-state index >= 15 is 0 Å². The van der Waals surface area contributed by atoms with Gasteiger partial charge in [0.1, 0.15) is 22.3 Å². The van der Waals surface area contributed by atoms with Crippen LogP contribution >= 0.6 is 0 Å². The van der Waals surface area contributed by atoms with Crippen molar-refractivity contribution in [2.75, 3.05) is 4.90 Å². The van der Waals surface area contributed by atoms with Gasteiger partial charge >= 0.3 is 0 Å². The van der Waals surface area contributed by atoms with E-state index < -0.39 is 0 Å². The Morgan fingerprint density at radius 3 is 1.59 bits per heavy atom. The number of hydrogen-bond donors (Lipinski definition) is 0. The SMILES string of the molecule is Cc1ccc(-c2cc3c(c4c2oc2ccccc24)-c2ccc(N(c4ccc5c(c4)C(C)(C)c4c6c(c7oc8ccccc8c7c4-5)-c4ccccc4C6(C)C)c4ccccc4-c4ccccc4)cc2C3(C)C)c(C)c1. The van der Waals surface area contributed by atoms with Crippen molar-refractivity contribution in [1.82, 2.24) is 0 Å². The summed E-state index contributed by atoms with van der Waals surface area (Å²) in [6.07, 6.45) is 0. The van der Waals surface area contributed by atoms with Crippen LogP contribution in [0.1, 0.15) is 86.1 Å². The molecule has 12 aromatic rings. The Bertz CT molecular complexity index is 4420. The topological polar surface area (TPSA) is 29.5 Å². The lowest BCUT2D eigenvalue weighted by Gasteiger charge is -2.32. The first-order chi connectivity index (χ1) is 35.8. The summed E-state index contributed by atoms with van der Waals surface area (Å²) in [6, 6.07) is 69.8. The number of hydrogen-bond acceptors (Lipinski definition) is 3. The molecule has 3 aliphatic carbocycles. The minimum atomic E-state index is -0.352. The van der Waals surface area contributed by atoms with E-state index in [2.05, 4.69) is 248 Å². The predicted molar refractivity (Wildman–Crippen MR) is 309 cm³/mol. The molecule has 74 heavy (non-hydrogen) atoms. The van der Waals surface area contributed by atoms with Gasteiger partial charge in [0, 0.05) is 65.9 Å². The van der Waals surface area contributed by atoms with Crippen molar-refractivity contribution in [3.05, 3.63) is 233 Å². The van der Waals surface area contributed by atoms with Crippen LogP contribution in [-0.2, 0) is 16.2 Å². The van der Waals surface area contributed by atoms with E-state index in [9.17, 15) is 0 Å². The zero-order chi connectivity index (χ0) is 50.2. The Labute approximate surface area is 432 Å². The summed E-state index contributed by atoms with van der Waals surface area (Å²) in [7, 11) is 0. The number of rotatable bonds is 5. The molecule has 3 nitrogen and oxygen atoms in total. The highest BCUT2D eigenvalue weighted by Gasteiger charge is 2.49. The molecule has 10 aromatic carbocycles. The van der Waals surface area contributed by atoms with Crippen molar-refractivity contribution < 1.29 is 8.83 Å². The zero-order valence-corrected chi connectivity index (χ0v) is 43.2. The third kappa shape index (κ3) is 5.62. The van der Waals surface area contributed by atoms with Crippen LogP contribution < -0.4 is 4.90 Å². The van der Waals surface area contributed by atoms with Gasteiger partial charge in [0.25, 0.3) is 0 Å². The van der Waals surface area contributed by atoms with E-state index in [0.717, 1.165) is 50.3 Å². The van der Waals surface area contributed by atoms with Gasteiger partial charge in [-0.2, -0.15) is 0 Å². The first kappa shape index (κ1) is 43.2. The van der Waals surface area contributed by atoms with Gasteiger partial charge in [-0.05, 0) is 140 Å². The van der Waals surface area contributed by atoms with E-state index in [0.29, 0.717) is 0 Å². The second kappa shape index (κ2) is 14.9. The van der Waals surface area contributed by atoms with Crippen molar-refractivity contribution in [1.29, 1.82) is 0 Å². The minimum absolute atomic E-state index is 0.241. The highest BCUT2D eigenvalue weighted by atomic mass is 16.3. The Balaban J connectivity index is 0.973. The fourth-order valence-electron chi connectivity index (χ4n) is 14.2. The summed E-state index contributed by atoms with van der Waals surface area (Å²) in [4.78, 5) is 2.53. The first-order valence-corrected chi connectivity index (χ1v) is 26.2. The molecular weight excluding hydrogens is 899 g/mol. The Morgan fingerprint density at radius 1 is 0.365 bits per heavy atom. The number of aryl methyl sites for hydroxylation is 2. The van der Waals surface area contributed by atoms with Gasteiger partial charge in [-0.1, -0.05) is 187 Å². The molecule has 0 unspecified atom stereocenters. The van der Waals surface area contributed by atoms with Crippen LogP contribution in [0.5, 0.6) is 0 Å². The number of furan rings is 2. The van der Waals surface area contributed by atoms with E-state index in [1.54, 1.807) is 0 Å². The molecule has 0 radical (unpaired) electrons. The molecule has 0 amide bonds. The minimum Gasteiger partial charge on any atom is -0.455 e. The molecule has 2 aromatic heterocycles. The van der Waals surface area contributed by atoms with Gasteiger partial charge in [0.15, 0.2) is 0 Å². The Hall–Kier alpha value is -8.40. The third-order valence-electron chi connectivity index (χ3n) is 17.6. The summed E-state index contributed by atoms with van der Waals surface area (Å²) in [5.74, 6) is 0. The summed E-state index contributed by atoms with van der Waals surface area (Å²) in [5, 5.41) is 4.72. The molecule has 0 N–H and O–H groups in total. The van der Waals surface area contributed by atoms with Crippen molar-refractivity contribution in [3.8, 4) is 55.6 Å². The molecule has 0 fully saturated rings. The number of anilines is 3. The Morgan fingerprint density at radius 2 is 0.892 bits per heavy atom. The van der Waals surface area contributed by atoms with Gasteiger partial charge in [0.05, 0.1) is 5.69 Å². The molecule has 3 aliphatic rings. The van der Waals surface area contributed by atoms with Crippen LogP contribution in [0, 0.1) is 13.8 Å². The number of para-hydroxylation sites is 3. The second-order valence-electron chi connectivity index (χ2n) is 22.9. The third-order valence-corrected chi connectivity index (χ3v) is 17.6. The second-order valence-corrected chi connectivity index (χ2v) is 22.9. The average molecular weight is 954 g/mol. The molecule has 2 heterocycles.